The van der Waals surface area contributed by atoms with E-state index in [4.69, 9.17) is 17.3 Å². The van der Waals surface area contributed by atoms with Crippen molar-refractivity contribution >= 4 is 47.1 Å². The molecule has 1 aromatic carbocycles. The van der Waals surface area contributed by atoms with Crippen LogP contribution in [0.1, 0.15) is 32.6 Å². The maximum Gasteiger partial charge on any atom is 0.237 e. The Morgan fingerprint density at radius 3 is 2.57 bits per heavy atom. The fourth-order valence-electron chi connectivity index (χ4n) is 3.35. The standard InChI is InChI=1S/C21H24ClN5O2S/c1-20(23)7-9-27(10-8-20)16-11-25-17(12-24-16)30-15-4-2-3-14(18(15)22)26-19(29)21(13-28)5-6-21/h2-4,11-13H,5-10,23H2,1H3,(H,26,29). The number of carbonyl (C=O) groups is 2. The molecule has 1 saturated carbocycles. The number of carbonyl (C=O) groups excluding carboxylic acids is 2. The zero-order valence-corrected chi connectivity index (χ0v) is 18.3. The maximum absolute atomic E-state index is 12.3. The number of hydrogen-bond acceptors (Lipinski definition) is 7. The lowest BCUT2D eigenvalue weighted by atomic mass is 9.91. The first-order valence-electron chi connectivity index (χ1n) is 9.92. The average molecular weight is 446 g/mol. The largest absolute Gasteiger partial charge is 0.355 e. The van der Waals surface area contributed by atoms with E-state index in [1.807, 2.05) is 12.1 Å². The Hall–Kier alpha value is -2.16. The Morgan fingerprint density at radius 2 is 1.97 bits per heavy atom. The van der Waals surface area contributed by atoms with Gasteiger partial charge in [-0.25, -0.2) is 9.97 Å². The van der Waals surface area contributed by atoms with Crippen LogP contribution in [-0.2, 0) is 9.59 Å². The molecule has 9 heteroatoms. The van der Waals surface area contributed by atoms with Crippen molar-refractivity contribution in [2.45, 2.75) is 48.1 Å². The molecule has 1 amide bonds. The first kappa shape index (κ1) is 21.1. The van der Waals surface area contributed by atoms with Crippen LogP contribution in [0.3, 0.4) is 0 Å². The van der Waals surface area contributed by atoms with Gasteiger partial charge >= 0.3 is 0 Å². The molecule has 2 aromatic rings. The minimum absolute atomic E-state index is 0.109. The lowest BCUT2D eigenvalue weighted by Crippen LogP contribution is -2.48. The van der Waals surface area contributed by atoms with E-state index in [-0.39, 0.29) is 11.4 Å². The van der Waals surface area contributed by atoms with Crippen LogP contribution in [0.15, 0.2) is 40.5 Å². The smallest absolute Gasteiger partial charge is 0.237 e. The summed E-state index contributed by atoms with van der Waals surface area (Å²) >= 11 is 7.88. The number of nitrogens with one attached hydrogen (secondary N) is 1. The van der Waals surface area contributed by atoms with Crippen molar-refractivity contribution in [3.8, 4) is 0 Å². The molecule has 2 heterocycles. The van der Waals surface area contributed by atoms with Gasteiger partial charge in [0.2, 0.25) is 5.91 Å². The second-order valence-corrected chi connectivity index (χ2v) is 9.74. The second-order valence-electron chi connectivity index (χ2n) is 8.30. The van der Waals surface area contributed by atoms with Gasteiger partial charge < -0.3 is 20.7 Å². The summed E-state index contributed by atoms with van der Waals surface area (Å²) in [5.41, 5.74) is 5.69. The fraction of sp³-hybridized carbons (Fsp3) is 0.429. The zero-order chi connectivity index (χ0) is 21.4. The number of rotatable bonds is 6. The molecule has 7 nitrogen and oxygen atoms in total. The highest BCUT2D eigenvalue weighted by atomic mass is 35.5. The molecule has 158 valence electrons. The van der Waals surface area contributed by atoms with Crippen molar-refractivity contribution in [1.82, 2.24) is 9.97 Å². The van der Waals surface area contributed by atoms with Gasteiger partial charge in [-0.05, 0) is 44.7 Å². The normalized spacial score (nSPS) is 19.2. The second kappa shape index (κ2) is 8.17. The lowest BCUT2D eigenvalue weighted by Gasteiger charge is -2.37. The van der Waals surface area contributed by atoms with Crippen LogP contribution in [0.5, 0.6) is 0 Å². The van der Waals surface area contributed by atoms with Crippen molar-refractivity contribution in [1.29, 1.82) is 0 Å². The monoisotopic (exact) mass is 445 g/mol. The molecule has 1 aliphatic heterocycles. The van der Waals surface area contributed by atoms with Gasteiger partial charge in [0.05, 0.1) is 23.1 Å². The summed E-state index contributed by atoms with van der Waals surface area (Å²) in [6.45, 7) is 3.81. The number of nitrogens with two attached hydrogens (primary N) is 1. The molecule has 0 atom stereocenters. The number of benzene rings is 1. The third-order valence-electron chi connectivity index (χ3n) is 5.74. The highest BCUT2D eigenvalue weighted by Gasteiger charge is 2.50. The number of piperidine rings is 1. The molecular weight excluding hydrogens is 422 g/mol. The molecule has 0 radical (unpaired) electrons. The molecule has 1 aromatic heterocycles. The summed E-state index contributed by atoms with van der Waals surface area (Å²) < 4.78 is 0. The summed E-state index contributed by atoms with van der Waals surface area (Å²) in [5.74, 6) is 0.534. The maximum atomic E-state index is 12.3. The minimum Gasteiger partial charge on any atom is -0.355 e. The van der Waals surface area contributed by atoms with E-state index in [0.29, 0.717) is 28.6 Å². The van der Waals surface area contributed by atoms with E-state index in [0.717, 1.165) is 42.9 Å². The SMILES string of the molecule is CC1(N)CCN(c2cnc(Sc3cccc(NC(=O)C4(C=O)CC4)c3Cl)cn2)CC1. The first-order chi connectivity index (χ1) is 14.3. The van der Waals surface area contributed by atoms with Crippen LogP contribution in [-0.4, -0.2) is 40.8 Å². The highest BCUT2D eigenvalue weighted by Crippen LogP contribution is 2.45. The van der Waals surface area contributed by atoms with Crippen LogP contribution in [0.25, 0.3) is 0 Å². The van der Waals surface area contributed by atoms with Crippen LogP contribution in [0.4, 0.5) is 11.5 Å². The molecule has 3 N–H and O–H groups in total. The fourth-order valence-corrected chi connectivity index (χ4v) is 4.42. The molecule has 1 aliphatic carbocycles. The third kappa shape index (κ3) is 4.45. The molecule has 0 spiro atoms. The van der Waals surface area contributed by atoms with Crippen LogP contribution >= 0.6 is 23.4 Å². The molecule has 4 rings (SSSR count). The number of amides is 1. The summed E-state index contributed by atoms with van der Waals surface area (Å²) in [6.07, 6.45) is 7.22. The quantitative estimate of drug-likeness (QED) is 0.518. The van der Waals surface area contributed by atoms with Gasteiger partial charge in [0.1, 0.15) is 22.5 Å². The summed E-state index contributed by atoms with van der Waals surface area (Å²) in [5, 5.41) is 3.90. The predicted molar refractivity (Wildman–Crippen MR) is 118 cm³/mol. The Kier molecular flexibility index (Phi) is 5.74. The summed E-state index contributed by atoms with van der Waals surface area (Å²) in [4.78, 5) is 35.5. The van der Waals surface area contributed by atoms with Crippen molar-refractivity contribution < 1.29 is 9.59 Å². The molecule has 1 saturated heterocycles. The van der Waals surface area contributed by atoms with Gasteiger partial charge in [-0.2, -0.15) is 0 Å². The van der Waals surface area contributed by atoms with E-state index < -0.39 is 5.41 Å². The Balaban J connectivity index is 1.43. The Bertz CT molecular complexity index is 952. The predicted octanol–water partition coefficient (Wildman–Crippen LogP) is 3.52. The van der Waals surface area contributed by atoms with Crippen molar-refractivity contribution in [2.75, 3.05) is 23.3 Å². The van der Waals surface area contributed by atoms with Crippen LogP contribution in [0.2, 0.25) is 5.02 Å². The summed E-state index contributed by atoms with van der Waals surface area (Å²) in [7, 11) is 0. The van der Waals surface area contributed by atoms with Crippen molar-refractivity contribution in [2.24, 2.45) is 11.1 Å². The number of halogens is 1. The topological polar surface area (TPSA) is 101 Å². The zero-order valence-electron chi connectivity index (χ0n) is 16.7. The van der Waals surface area contributed by atoms with Gasteiger partial charge in [0.15, 0.2) is 0 Å². The van der Waals surface area contributed by atoms with Crippen LogP contribution < -0.4 is 16.0 Å². The molecule has 2 fully saturated rings. The van der Waals surface area contributed by atoms with Gasteiger partial charge in [-0.3, -0.25) is 4.79 Å². The van der Waals surface area contributed by atoms with Crippen molar-refractivity contribution in [3.63, 3.8) is 0 Å². The molecule has 30 heavy (non-hydrogen) atoms. The molecular formula is C21H24ClN5O2S. The number of anilines is 2. The molecule has 2 aliphatic rings. The Labute approximate surface area is 184 Å². The van der Waals surface area contributed by atoms with E-state index in [9.17, 15) is 9.59 Å². The van der Waals surface area contributed by atoms with Gasteiger partial charge in [0.25, 0.3) is 0 Å². The van der Waals surface area contributed by atoms with E-state index in [1.165, 1.54) is 11.8 Å². The average Bonchev–Trinajstić information content (AvgIpc) is 3.53. The number of hydrogen-bond donors (Lipinski definition) is 2. The van der Waals surface area contributed by atoms with E-state index >= 15 is 0 Å². The Morgan fingerprint density at radius 1 is 1.23 bits per heavy atom. The van der Waals surface area contributed by atoms with Gasteiger partial charge in [-0.1, -0.05) is 29.4 Å². The number of aromatic nitrogens is 2. The molecule has 0 unspecified atom stereocenters. The van der Waals surface area contributed by atoms with Crippen LogP contribution in [0, 0.1) is 5.41 Å². The van der Waals surface area contributed by atoms with Gasteiger partial charge in [0, 0.05) is 23.5 Å². The highest BCUT2D eigenvalue weighted by molar-refractivity contribution is 7.99. The molecule has 0 bridgehead atoms. The minimum atomic E-state index is -0.885. The third-order valence-corrected chi connectivity index (χ3v) is 7.24. The number of nitrogens with zero attached hydrogens (tertiary/aromatic N) is 3. The lowest BCUT2D eigenvalue weighted by molar-refractivity contribution is -0.126. The summed E-state index contributed by atoms with van der Waals surface area (Å²) in [6, 6.07) is 5.39. The van der Waals surface area contributed by atoms with E-state index in [2.05, 4.69) is 27.1 Å². The first-order valence-corrected chi connectivity index (χ1v) is 11.1. The van der Waals surface area contributed by atoms with E-state index in [1.54, 1.807) is 18.5 Å². The van der Waals surface area contributed by atoms with Gasteiger partial charge in [-0.15, -0.1) is 0 Å². The van der Waals surface area contributed by atoms with Crippen molar-refractivity contribution in [3.05, 3.63) is 35.6 Å². The number of aldehydes is 1.